The van der Waals surface area contributed by atoms with Crippen molar-refractivity contribution in [3.05, 3.63) is 52.7 Å². The number of methoxy groups -OCH3 is 1. The Morgan fingerprint density at radius 3 is 2.75 bits per heavy atom. The number of fused-ring (bicyclic) bond motifs is 1. The van der Waals surface area contributed by atoms with Crippen LogP contribution in [0.15, 0.2) is 30.5 Å². The van der Waals surface area contributed by atoms with Crippen LogP contribution >= 0.6 is 11.6 Å². The minimum atomic E-state index is -2.85. The molecule has 1 N–H and O–H groups in total. The van der Waals surface area contributed by atoms with E-state index in [1.54, 1.807) is 13.3 Å². The van der Waals surface area contributed by atoms with Gasteiger partial charge in [0.15, 0.2) is 0 Å². The van der Waals surface area contributed by atoms with Gasteiger partial charge in [0.05, 0.1) is 23.4 Å². The fourth-order valence-corrected chi connectivity index (χ4v) is 4.07. The van der Waals surface area contributed by atoms with Gasteiger partial charge in [0.25, 0.3) is 6.43 Å². The van der Waals surface area contributed by atoms with E-state index in [9.17, 15) is 13.2 Å². The molecule has 0 bridgehead atoms. The van der Waals surface area contributed by atoms with E-state index in [1.807, 2.05) is 6.07 Å². The Labute approximate surface area is 188 Å². The van der Waals surface area contributed by atoms with Crippen molar-refractivity contribution in [2.45, 2.75) is 31.8 Å². The van der Waals surface area contributed by atoms with Gasteiger partial charge >= 0.3 is 0 Å². The highest BCUT2D eigenvalue weighted by Crippen LogP contribution is 2.28. The summed E-state index contributed by atoms with van der Waals surface area (Å²) >= 11 is 6.06. The highest BCUT2D eigenvalue weighted by atomic mass is 35.5. The molecule has 0 saturated carbocycles. The lowest BCUT2D eigenvalue weighted by Crippen LogP contribution is -2.37. The number of nitrogens with zero attached hydrogens (tertiary/aromatic N) is 4. The van der Waals surface area contributed by atoms with E-state index in [4.69, 9.17) is 16.3 Å². The van der Waals surface area contributed by atoms with Crippen molar-refractivity contribution in [1.29, 1.82) is 0 Å². The van der Waals surface area contributed by atoms with E-state index < -0.39 is 17.8 Å². The third-order valence-corrected chi connectivity index (χ3v) is 5.84. The number of benzene rings is 1. The van der Waals surface area contributed by atoms with E-state index in [2.05, 4.69) is 25.2 Å². The predicted molar refractivity (Wildman–Crippen MR) is 118 cm³/mol. The zero-order chi connectivity index (χ0) is 22.7. The van der Waals surface area contributed by atoms with E-state index in [0.29, 0.717) is 11.3 Å². The van der Waals surface area contributed by atoms with Crippen LogP contribution in [0.1, 0.15) is 30.4 Å². The molecule has 0 radical (unpaired) electrons. The van der Waals surface area contributed by atoms with E-state index in [-0.39, 0.29) is 29.9 Å². The van der Waals surface area contributed by atoms with Crippen molar-refractivity contribution in [2.24, 2.45) is 0 Å². The Morgan fingerprint density at radius 2 is 2.03 bits per heavy atom. The van der Waals surface area contributed by atoms with Crippen molar-refractivity contribution in [3.8, 4) is 0 Å². The summed E-state index contributed by atoms with van der Waals surface area (Å²) in [4.78, 5) is 15.2. The SMILES string of the molecule is COC1CCN(c2cc3c(NCCc4cccc(C(F)F)c4F)nc(Cl)nc3cn2)CC1. The van der Waals surface area contributed by atoms with E-state index in [0.717, 1.165) is 43.2 Å². The van der Waals surface area contributed by atoms with Gasteiger partial charge < -0.3 is 15.0 Å². The van der Waals surface area contributed by atoms with Crippen molar-refractivity contribution in [1.82, 2.24) is 15.0 Å². The molecule has 3 heterocycles. The molecule has 0 amide bonds. The number of ether oxygens (including phenoxy) is 1. The van der Waals surface area contributed by atoms with Crippen molar-refractivity contribution < 1.29 is 17.9 Å². The summed E-state index contributed by atoms with van der Waals surface area (Å²) in [6.07, 6.45) is 1.10. The van der Waals surface area contributed by atoms with Crippen LogP contribution in [-0.2, 0) is 11.2 Å². The van der Waals surface area contributed by atoms with Crippen molar-refractivity contribution in [2.75, 3.05) is 37.0 Å². The molecule has 1 aromatic carbocycles. The maximum Gasteiger partial charge on any atom is 0.266 e. The predicted octanol–water partition coefficient (Wildman–Crippen LogP) is 5.02. The van der Waals surface area contributed by atoms with Gasteiger partial charge in [-0.25, -0.2) is 28.1 Å². The second-order valence-electron chi connectivity index (χ2n) is 7.62. The summed E-state index contributed by atoms with van der Waals surface area (Å²) in [6.45, 7) is 1.94. The molecular weight excluding hydrogens is 443 g/mol. The minimum Gasteiger partial charge on any atom is -0.381 e. The molecule has 0 atom stereocenters. The largest absolute Gasteiger partial charge is 0.381 e. The molecule has 1 fully saturated rings. The van der Waals surface area contributed by atoms with E-state index >= 15 is 0 Å². The fourth-order valence-electron chi connectivity index (χ4n) is 3.90. The zero-order valence-electron chi connectivity index (χ0n) is 17.5. The summed E-state index contributed by atoms with van der Waals surface area (Å²) < 4.78 is 45.6. The Bertz CT molecular complexity index is 1090. The Kier molecular flexibility index (Phi) is 6.95. The van der Waals surface area contributed by atoms with Gasteiger partial charge in [-0.15, -0.1) is 0 Å². The number of hydrogen-bond donors (Lipinski definition) is 1. The standard InChI is InChI=1S/C22H23ClF3N5O/c1-32-14-6-9-31(10-7-14)18-11-16-17(12-28-18)29-22(23)30-21(16)27-8-5-13-3-2-4-15(19(13)24)20(25)26/h2-4,11-12,14,20H,5-10H2,1H3,(H,27,29,30). The Hall–Kier alpha value is -2.65. The maximum atomic E-state index is 14.3. The zero-order valence-corrected chi connectivity index (χ0v) is 18.2. The molecule has 1 saturated heterocycles. The van der Waals surface area contributed by atoms with Crippen molar-refractivity contribution in [3.63, 3.8) is 0 Å². The first-order valence-electron chi connectivity index (χ1n) is 10.4. The maximum absolute atomic E-state index is 14.3. The van der Waals surface area contributed by atoms with Gasteiger partial charge in [-0.1, -0.05) is 18.2 Å². The molecule has 4 rings (SSSR count). The summed E-state index contributed by atoms with van der Waals surface area (Å²) in [6, 6.07) is 5.93. The first-order valence-corrected chi connectivity index (χ1v) is 10.7. The minimum absolute atomic E-state index is 0.0568. The van der Waals surface area contributed by atoms with Gasteiger partial charge in [0, 0.05) is 32.1 Å². The van der Waals surface area contributed by atoms with Crippen LogP contribution in [0.5, 0.6) is 0 Å². The first-order chi connectivity index (χ1) is 15.5. The molecule has 0 spiro atoms. The van der Waals surface area contributed by atoms with Crippen LogP contribution < -0.4 is 10.2 Å². The average molecular weight is 466 g/mol. The van der Waals surface area contributed by atoms with Gasteiger partial charge in [0.2, 0.25) is 5.28 Å². The molecule has 0 aliphatic carbocycles. The van der Waals surface area contributed by atoms with Crippen LogP contribution in [-0.4, -0.2) is 47.8 Å². The molecule has 6 nitrogen and oxygen atoms in total. The highest BCUT2D eigenvalue weighted by molar-refractivity contribution is 6.28. The van der Waals surface area contributed by atoms with Crippen LogP contribution in [0.4, 0.5) is 24.8 Å². The fraction of sp³-hybridized carbons (Fsp3) is 0.409. The summed E-state index contributed by atoms with van der Waals surface area (Å²) in [5.74, 6) is 0.415. The van der Waals surface area contributed by atoms with Gasteiger partial charge in [-0.05, 0) is 42.5 Å². The van der Waals surface area contributed by atoms with Crippen LogP contribution in [0.25, 0.3) is 10.9 Å². The number of pyridine rings is 1. The second kappa shape index (κ2) is 9.87. The summed E-state index contributed by atoms with van der Waals surface area (Å²) in [5.41, 5.74) is 0.197. The molecule has 1 aliphatic heterocycles. The molecule has 170 valence electrons. The van der Waals surface area contributed by atoms with Crippen LogP contribution in [0.2, 0.25) is 5.28 Å². The molecule has 0 unspecified atom stereocenters. The smallest absolute Gasteiger partial charge is 0.266 e. The quantitative estimate of drug-likeness (QED) is 0.494. The van der Waals surface area contributed by atoms with Crippen molar-refractivity contribution >= 4 is 34.1 Å². The number of halogens is 4. The number of piperidine rings is 1. The Balaban J connectivity index is 1.52. The normalized spacial score (nSPS) is 15.0. The topological polar surface area (TPSA) is 63.2 Å². The second-order valence-corrected chi connectivity index (χ2v) is 7.96. The molecule has 3 aromatic rings. The molecule has 10 heteroatoms. The van der Waals surface area contributed by atoms with Crippen LogP contribution in [0.3, 0.4) is 0 Å². The first kappa shape index (κ1) is 22.5. The third kappa shape index (κ3) is 4.88. The lowest BCUT2D eigenvalue weighted by atomic mass is 10.1. The van der Waals surface area contributed by atoms with Crippen LogP contribution in [0, 0.1) is 5.82 Å². The number of alkyl halides is 2. The summed E-state index contributed by atoms with van der Waals surface area (Å²) in [5, 5.41) is 3.93. The third-order valence-electron chi connectivity index (χ3n) is 5.67. The van der Waals surface area contributed by atoms with Gasteiger partial charge in [-0.2, -0.15) is 0 Å². The lowest BCUT2D eigenvalue weighted by Gasteiger charge is -2.32. The average Bonchev–Trinajstić information content (AvgIpc) is 2.79. The Morgan fingerprint density at radius 1 is 1.25 bits per heavy atom. The van der Waals surface area contributed by atoms with Gasteiger partial charge in [0.1, 0.15) is 17.5 Å². The number of nitrogens with one attached hydrogen (secondary N) is 1. The number of rotatable bonds is 7. The molecule has 2 aromatic heterocycles. The van der Waals surface area contributed by atoms with Gasteiger partial charge in [-0.3, -0.25) is 0 Å². The summed E-state index contributed by atoms with van der Waals surface area (Å²) in [7, 11) is 1.73. The number of hydrogen-bond acceptors (Lipinski definition) is 6. The van der Waals surface area contributed by atoms with E-state index in [1.165, 1.54) is 12.1 Å². The molecule has 32 heavy (non-hydrogen) atoms. The number of anilines is 2. The lowest BCUT2D eigenvalue weighted by molar-refractivity contribution is 0.0818. The molecule has 1 aliphatic rings. The number of aromatic nitrogens is 3. The monoisotopic (exact) mass is 465 g/mol. The molecular formula is C22H23ClF3N5O. The highest BCUT2D eigenvalue weighted by Gasteiger charge is 2.21.